The average molecular weight is 303 g/mol. The second kappa shape index (κ2) is 6.48. The summed E-state index contributed by atoms with van der Waals surface area (Å²) in [6.45, 7) is 7.61. The van der Waals surface area contributed by atoms with E-state index in [4.69, 9.17) is 5.73 Å². The van der Waals surface area contributed by atoms with E-state index in [0.717, 1.165) is 37.1 Å². The van der Waals surface area contributed by atoms with Crippen molar-refractivity contribution in [2.45, 2.75) is 26.2 Å². The fraction of sp³-hybridized carbons (Fsp3) is 0.667. The third-order valence-corrected chi connectivity index (χ3v) is 4.38. The molecule has 0 atom stereocenters. The van der Waals surface area contributed by atoms with Gasteiger partial charge in [-0.05, 0) is 45.8 Å². The zero-order valence-electron chi connectivity index (χ0n) is 13.5. The van der Waals surface area contributed by atoms with Crippen LogP contribution in [0.3, 0.4) is 0 Å². The number of fused-ring (bicyclic) bond motifs is 1. The van der Waals surface area contributed by atoms with E-state index in [1.807, 2.05) is 7.05 Å². The summed E-state index contributed by atoms with van der Waals surface area (Å²) in [6.07, 6.45) is 5.53. The van der Waals surface area contributed by atoms with Crippen LogP contribution in [0.4, 0.5) is 11.8 Å². The summed E-state index contributed by atoms with van der Waals surface area (Å²) in [5.41, 5.74) is 6.84. The summed E-state index contributed by atoms with van der Waals surface area (Å²) in [6, 6.07) is 0. The third-order valence-electron chi connectivity index (χ3n) is 4.38. The van der Waals surface area contributed by atoms with Crippen LogP contribution in [-0.2, 0) is 7.05 Å². The minimum atomic E-state index is 0.506. The van der Waals surface area contributed by atoms with Crippen LogP contribution in [0, 0.1) is 0 Å². The Balaban J connectivity index is 1.70. The van der Waals surface area contributed by atoms with Crippen molar-refractivity contribution < 1.29 is 0 Å². The Bertz CT molecular complexity index is 630. The number of nitrogens with zero attached hydrogens (tertiary/aromatic N) is 6. The van der Waals surface area contributed by atoms with Gasteiger partial charge < -0.3 is 15.5 Å². The summed E-state index contributed by atoms with van der Waals surface area (Å²) in [4.78, 5) is 13.8. The van der Waals surface area contributed by atoms with Gasteiger partial charge in [0.15, 0.2) is 5.65 Å². The number of anilines is 2. The van der Waals surface area contributed by atoms with Gasteiger partial charge in [-0.1, -0.05) is 0 Å². The third kappa shape index (κ3) is 2.99. The molecule has 22 heavy (non-hydrogen) atoms. The molecule has 120 valence electrons. The zero-order valence-corrected chi connectivity index (χ0v) is 13.5. The molecule has 1 saturated heterocycles. The Hall–Kier alpha value is -1.89. The Morgan fingerprint density at radius 2 is 2.05 bits per heavy atom. The molecule has 2 aromatic rings. The van der Waals surface area contributed by atoms with E-state index in [1.165, 1.54) is 25.9 Å². The first-order chi connectivity index (χ1) is 10.7. The van der Waals surface area contributed by atoms with Gasteiger partial charge in [0, 0.05) is 20.1 Å². The van der Waals surface area contributed by atoms with Gasteiger partial charge in [-0.15, -0.1) is 0 Å². The summed E-state index contributed by atoms with van der Waals surface area (Å²) < 4.78 is 1.74. The summed E-state index contributed by atoms with van der Waals surface area (Å²) in [5, 5.41) is 5.03. The summed E-state index contributed by atoms with van der Waals surface area (Å²) in [5.74, 6) is 1.21. The lowest BCUT2D eigenvalue weighted by molar-refractivity contribution is 0.334. The highest BCUT2D eigenvalue weighted by Gasteiger charge is 2.15. The molecule has 2 aromatic heterocycles. The van der Waals surface area contributed by atoms with E-state index in [9.17, 15) is 0 Å². The van der Waals surface area contributed by atoms with Crippen molar-refractivity contribution in [1.82, 2.24) is 24.6 Å². The first-order valence-corrected chi connectivity index (χ1v) is 8.11. The number of aromatic nitrogens is 4. The minimum Gasteiger partial charge on any atom is -0.383 e. The van der Waals surface area contributed by atoms with E-state index in [2.05, 4.69) is 31.8 Å². The molecule has 0 amide bonds. The maximum atomic E-state index is 6.05. The van der Waals surface area contributed by atoms with Crippen LogP contribution in [0.15, 0.2) is 6.20 Å². The number of aryl methyl sites for hydroxylation is 1. The highest BCUT2D eigenvalue weighted by Crippen LogP contribution is 2.20. The van der Waals surface area contributed by atoms with Crippen LogP contribution < -0.4 is 10.6 Å². The molecule has 0 unspecified atom stereocenters. The molecule has 0 aliphatic carbocycles. The maximum absolute atomic E-state index is 6.05. The number of nitrogens with two attached hydrogens (primary N) is 1. The summed E-state index contributed by atoms with van der Waals surface area (Å²) >= 11 is 0. The Morgan fingerprint density at radius 3 is 2.77 bits per heavy atom. The molecule has 0 saturated carbocycles. The lowest BCUT2D eigenvalue weighted by Gasteiger charge is -2.22. The van der Waals surface area contributed by atoms with Crippen molar-refractivity contribution in [3.8, 4) is 0 Å². The van der Waals surface area contributed by atoms with Gasteiger partial charge in [0.1, 0.15) is 5.82 Å². The minimum absolute atomic E-state index is 0.506. The lowest BCUT2D eigenvalue weighted by atomic mass is 10.3. The fourth-order valence-corrected chi connectivity index (χ4v) is 3.06. The standard InChI is InChI=1S/C15H25N7/c1-3-22(10-6-9-21-7-4-5-8-21)15-18-13(16)12-11-17-20(2)14(12)19-15/h11H,3-10H2,1-2H3,(H2,16,18,19). The molecule has 0 bridgehead atoms. The highest BCUT2D eigenvalue weighted by atomic mass is 15.3. The molecule has 0 spiro atoms. The first-order valence-electron chi connectivity index (χ1n) is 8.11. The topological polar surface area (TPSA) is 76.1 Å². The van der Waals surface area contributed by atoms with Crippen LogP contribution in [-0.4, -0.2) is 57.4 Å². The predicted molar refractivity (Wildman–Crippen MR) is 88.9 cm³/mol. The molecule has 3 heterocycles. The van der Waals surface area contributed by atoms with Crippen LogP contribution in [0.25, 0.3) is 11.0 Å². The van der Waals surface area contributed by atoms with Gasteiger partial charge in [0.2, 0.25) is 5.95 Å². The van der Waals surface area contributed by atoms with E-state index in [1.54, 1.807) is 10.9 Å². The molecular weight excluding hydrogens is 278 g/mol. The monoisotopic (exact) mass is 303 g/mol. The molecule has 1 aliphatic rings. The summed E-state index contributed by atoms with van der Waals surface area (Å²) in [7, 11) is 1.88. The fourth-order valence-electron chi connectivity index (χ4n) is 3.06. The molecule has 1 aliphatic heterocycles. The van der Waals surface area contributed by atoms with Gasteiger partial charge in [-0.3, -0.25) is 4.68 Å². The molecule has 2 N–H and O–H groups in total. The van der Waals surface area contributed by atoms with E-state index >= 15 is 0 Å². The molecule has 1 fully saturated rings. The van der Waals surface area contributed by atoms with Crippen molar-refractivity contribution in [1.29, 1.82) is 0 Å². The van der Waals surface area contributed by atoms with Crippen LogP contribution in [0.5, 0.6) is 0 Å². The van der Waals surface area contributed by atoms with Crippen molar-refractivity contribution in [3.05, 3.63) is 6.20 Å². The quantitative estimate of drug-likeness (QED) is 0.866. The van der Waals surface area contributed by atoms with Crippen molar-refractivity contribution >= 4 is 22.8 Å². The normalized spacial score (nSPS) is 15.7. The van der Waals surface area contributed by atoms with E-state index in [0.29, 0.717) is 11.8 Å². The van der Waals surface area contributed by atoms with E-state index < -0.39 is 0 Å². The maximum Gasteiger partial charge on any atom is 0.229 e. The van der Waals surface area contributed by atoms with Gasteiger partial charge in [-0.25, -0.2) is 0 Å². The first kappa shape index (κ1) is 15.0. The molecule has 0 radical (unpaired) electrons. The van der Waals surface area contributed by atoms with Crippen LogP contribution in [0.1, 0.15) is 26.2 Å². The second-order valence-electron chi connectivity index (χ2n) is 5.90. The van der Waals surface area contributed by atoms with Gasteiger partial charge in [-0.2, -0.15) is 15.1 Å². The number of nitrogen functional groups attached to an aromatic ring is 1. The number of hydrogen-bond donors (Lipinski definition) is 1. The highest BCUT2D eigenvalue weighted by molar-refractivity contribution is 5.86. The molecule has 3 rings (SSSR count). The number of hydrogen-bond acceptors (Lipinski definition) is 6. The number of likely N-dealkylation sites (tertiary alicyclic amines) is 1. The Morgan fingerprint density at radius 1 is 1.27 bits per heavy atom. The SMILES string of the molecule is CCN(CCCN1CCCC1)c1nc(N)c2cnn(C)c2n1. The largest absolute Gasteiger partial charge is 0.383 e. The molecule has 7 heteroatoms. The molecule has 0 aromatic carbocycles. The zero-order chi connectivity index (χ0) is 15.5. The smallest absolute Gasteiger partial charge is 0.229 e. The van der Waals surface area contributed by atoms with Crippen molar-refractivity contribution in [2.75, 3.05) is 43.4 Å². The predicted octanol–water partition coefficient (Wildman–Crippen LogP) is 1.26. The van der Waals surface area contributed by atoms with Crippen LogP contribution in [0.2, 0.25) is 0 Å². The second-order valence-corrected chi connectivity index (χ2v) is 5.90. The van der Waals surface area contributed by atoms with Gasteiger partial charge >= 0.3 is 0 Å². The van der Waals surface area contributed by atoms with E-state index in [-0.39, 0.29) is 0 Å². The Kier molecular flexibility index (Phi) is 4.42. The van der Waals surface area contributed by atoms with Crippen LogP contribution >= 0.6 is 0 Å². The lowest BCUT2D eigenvalue weighted by Crippen LogP contribution is -2.30. The molecular formula is C15H25N7. The van der Waals surface area contributed by atoms with Gasteiger partial charge in [0.05, 0.1) is 11.6 Å². The Labute approximate surface area is 131 Å². The van der Waals surface area contributed by atoms with Crippen molar-refractivity contribution in [2.24, 2.45) is 7.05 Å². The molecule has 7 nitrogen and oxygen atoms in total. The average Bonchev–Trinajstić information content (AvgIpc) is 3.14. The van der Waals surface area contributed by atoms with Gasteiger partial charge in [0.25, 0.3) is 0 Å². The van der Waals surface area contributed by atoms with Crippen molar-refractivity contribution in [3.63, 3.8) is 0 Å². The number of rotatable bonds is 6.